The van der Waals surface area contributed by atoms with Crippen LogP contribution in [0.5, 0.6) is 5.75 Å². The Bertz CT molecular complexity index is 356. The van der Waals surface area contributed by atoms with Gasteiger partial charge in [0.15, 0.2) is 0 Å². The van der Waals surface area contributed by atoms with Crippen molar-refractivity contribution in [2.45, 2.75) is 12.2 Å². The third kappa shape index (κ3) is 3.24. The zero-order valence-corrected chi connectivity index (χ0v) is 9.03. The van der Waals surface area contributed by atoms with Crippen LogP contribution in [0.2, 0.25) is 0 Å². The lowest BCUT2D eigenvalue weighted by Crippen LogP contribution is -2.28. The van der Waals surface area contributed by atoms with E-state index < -0.39 is 18.0 Å². The molecule has 0 saturated heterocycles. The Hall–Kier alpha value is -1.01. The Balaban J connectivity index is 0.00000225. The monoisotopic (exact) mass is 259 g/mol. The lowest BCUT2D eigenvalue weighted by molar-refractivity contribution is -0.149. The molecule has 0 aromatic heterocycles. The van der Waals surface area contributed by atoms with Crippen molar-refractivity contribution in [2.75, 3.05) is 7.11 Å². The lowest BCUT2D eigenvalue weighted by atomic mass is 10.1. The minimum absolute atomic E-state index is 0. The predicted molar refractivity (Wildman–Crippen MR) is 53.2 cm³/mol. The number of hydrogen-bond acceptors (Lipinski definition) is 2. The second-order valence-corrected chi connectivity index (χ2v) is 2.91. The number of alkyl halides is 3. The van der Waals surface area contributed by atoms with E-state index in [0.717, 1.165) is 25.3 Å². The Morgan fingerprint density at radius 1 is 1.31 bits per heavy atom. The number of hydrogen-bond donors (Lipinski definition) is 1. The first-order valence-electron chi connectivity index (χ1n) is 4.02. The molecule has 7 heteroatoms. The van der Waals surface area contributed by atoms with Gasteiger partial charge in [0.05, 0.1) is 7.11 Å². The summed E-state index contributed by atoms with van der Waals surface area (Å²) in [6.45, 7) is 0. The van der Waals surface area contributed by atoms with Crippen molar-refractivity contribution in [2.24, 2.45) is 5.73 Å². The van der Waals surface area contributed by atoms with Gasteiger partial charge in [-0.2, -0.15) is 13.2 Å². The molecule has 0 bridgehead atoms. The highest BCUT2D eigenvalue weighted by molar-refractivity contribution is 5.85. The molecular formula is C9H10ClF4NO. The molecule has 0 fully saturated rings. The summed E-state index contributed by atoms with van der Waals surface area (Å²) in [4.78, 5) is 0. The lowest BCUT2D eigenvalue weighted by Gasteiger charge is -2.18. The van der Waals surface area contributed by atoms with E-state index in [1.54, 1.807) is 0 Å². The Morgan fingerprint density at radius 3 is 2.31 bits per heavy atom. The van der Waals surface area contributed by atoms with E-state index in [-0.39, 0.29) is 23.7 Å². The van der Waals surface area contributed by atoms with Crippen molar-refractivity contribution >= 4 is 12.4 Å². The number of methoxy groups -OCH3 is 1. The molecule has 0 aliphatic rings. The second-order valence-electron chi connectivity index (χ2n) is 2.91. The molecule has 1 rings (SSSR count). The van der Waals surface area contributed by atoms with Crippen LogP contribution in [0.25, 0.3) is 0 Å². The Morgan fingerprint density at radius 2 is 1.88 bits per heavy atom. The maximum absolute atomic E-state index is 12.7. The molecule has 0 heterocycles. The normalized spacial score (nSPS) is 12.9. The van der Waals surface area contributed by atoms with Gasteiger partial charge in [-0.3, -0.25) is 0 Å². The van der Waals surface area contributed by atoms with Gasteiger partial charge in [-0.25, -0.2) is 4.39 Å². The summed E-state index contributed by atoms with van der Waals surface area (Å²) in [5.41, 5.74) is 4.69. The van der Waals surface area contributed by atoms with Crippen LogP contribution in [-0.4, -0.2) is 13.3 Å². The standard InChI is InChI=1S/C9H9F4NO.ClH/c1-15-7-4-5(10)2-3-6(7)8(14)9(11,12)13;/h2-4,8H,14H2,1H3;1H/t8-;/m0./s1. The summed E-state index contributed by atoms with van der Waals surface area (Å²) in [5, 5.41) is 0. The van der Waals surface area contributed by atoms with E-state index >= 15 is 0 Å². The van der Waals surface area contributed by atoms with Gasteiger partial charge < -0.3 is 10.5 Å². The van der Waals surface area contributed by atoms with Crippen molar-refractivity contribution in [1.29, 1.82) is 0 Å². The zero-order chi connectivity index (χ0) is 11.6. The Labute approximate surface area is 95.8 Å². The smallest absolute Gasteiger partial charge is 0.407 e. The number of benzene rings is 1. The number of nitrogens with two attached hydrogens (primary N) is 1. The van der Waals surface area contributed by atoms with E-state index in [9.17, 15) is 17.6 Å². The van der Waals surface area contributed by atoms with Crippen LogP contribution in [0.15, 0.2) is 18.2 Å². The number of rotatable bonds is 2. The topological polar surface area (TPSA) is 35.2 Å². The molecule has 0 amide bonds. The van der Waals surface area contributed by atoms with E-state index in [1.807, 2.05) is 0 Å². The van der Waals surface area contributed by atoms with Gasteiger partial charge in [-0.15, -0.1) is 12.4 Å². The molecule has 0 aliphatic heterocycles. The first kappa shape index (κ1) is 15.0. The molecule has 2 N–H and O–H groups in total. The van der Waals surface area contributed by atoms with Gasteiger partial charge in [0, 0.05) is 11.6 Å². The van der Waals surface area contributed by atoms with E-state index in [2.05, 4.69) is 4.74 Å². The summed E-state index contributed by atoms with van der Waals surface area (Å²) in [6.07, 6.45) is -4.58. The maximum Gasteiger partial charge on any atom is 0.407 e. The molecule has 1 aromatic carbocycles. The van der Waals surface area contributed by atoms with Crippen LogP contribution >= 0.6 is 12.4 Å². The molecule has 16 heavy (non-hydrogen) atoms. The van der Waals surface area contributed by atoms with Crippen LogP contribution in [-0.2, 0) is 0 Å². The number of halogens is 5. The van der Waals surface area contributed by atoms with Gasteiger partial charge in [-0.1, -0.05) is 6.07 Å². The molecule has 92 valence electrons. The Kier molecular flexibility index (Phi) is 5.02. The van der Waals surface area contributed by atoms with Gasteiger partial charge in [0.1, 0.15) is 17.6 Å². The first-order valence-corrected chi connectivity index (χ1v) is 4.02. The fourth-order valence-corrected chi connectivity index (χ4v) is 1.12. The molecule has 0 spiro atoms. The van der Waals surface area contributed by atoms with Gasteiger partial charge in [0.25, 0.3) is 0 Å². The maximum atomic E-state index is 12.7. The second kappa shape index (κ2) is 5.36. The summed E-state index contributed by atoms with van der Waals surface area (Å²) in [7, 11) is 1.15. The average Bonchev–Trinajstić information content (AvgIpc) is 2.15. The summed E-state index contributed by atoms with van der Waals surface area (Å²) in [6, 6.07) is 0.560. The SMILES string of the molecule is COc1cc(F)ccc1[C@H](N)C(F)(F)F.Cl. The average molecular weight is 260 g/mol. The van der Waals surface area contributed by atoms with Gasteiger partial charge >= 0.3 is 6.18 Å². The van der Waals surface area contributed by atoms with Crippen LogP contribution in [0.4, 0.5) is 17.6 Å². The van der Waals surface area contributed by atoms with E-state index in [0.29, 0.717) is 0 Å². The molecule has 0 aliphatic carbocycles. The molecule has 0 unspecified atom stereocenters. The minimum atomic E-state index is -4.58. The highest BCUT2D eigenvalue weighted by atomic mass is 35.5. The minimum Gasteiger partial charge on any atom is -0.496 e. The molecule has 0 radical (unpaired) electrons. The van der Waals surface area contributed by atoms with E-state index in [1.165, 1.54) is 0 Å². The van der Waals surface area contributed by atoms with E-state index in [4.69, 9.17) is 5.73 Å². The quantitative estimate of drug-likeness (QED) is 0.829. The van der Waals surface area contributed by atoms with Crippen LogP contribution in [0.3, 0.4) is 0 Å². The highest BCUT2D eigenvalue weighted by Crippen LogP contribution is 2.35. The van der Waals surface area contributed by atoms with Crippen LogP contribution in [0.1, 0.15) is 11.6 Å². The van der Waals surface area contributed by atoms with Crippen molar-refractivity contribution in [3.8, 4) is 5.75 Å². The molecule has 0 saturated carbocycles. The summed E-state index contributed by atoms with van der Waals surface area (Å²) >= 11 is 0. The van der Waals surface area contributed by atoms with Crippen molar-refractivity contribution in [1.82, 2.24) is 0 Å². The summed E-state index contributed by atoms with van der Waals surface area (Å²) in [5.74, 6) is -0.884. The third-order valence-electron chi connectivity index (χ3n) is 1.88. The predicted octanol–water partition coefficient (Wildman–Crippen LogP) is 2.82. The first-order chi connectivity index (χ1) is 6.86. The van der Waals surface area contributed by atoms with Crippen molar-refractivity contribution in [3.63, 3.8) is 0 Å². The zero-order valence-electron chi connectivity index (χ0n) is 8.22. The fourth-order valence-electron chi connectivity index (χ4n) is 1.12. The largest absolute Gasteiger partial charge is 0.496 e. The van der Waals surface area contributed by atoms with Gasteiger partial charge in [-0.05, 0) is 6.07 Å². The highest BCUT2D eigenvalue weighted by Gasteiger charge is 2.39. The van der Waals surface area contributed by atoms with Crippen LogP contribution in [0, 0.1) is 5.82 Å². The molecular weight excluding hydrogens is 250 g/mol. The van der Waals surface area contributed by atoms with Crippen LogP contribution < -0.4 is 10.5 Å². The number of ether oxygens (including phenoxy) is 1. The molecule has 1 aromatic rings. The van der Waals surface area contributed by atoms with Crippen molar-refractivity contribution in [3.05, 3.63) is 29.6 Å². The van der Waals surface area contributed by atoms with Gasteiger partial charge in [0.2, 0.25) is 0 Å². The molecule has 2 nitrogen and oxygen atoms in total. The molecule has 1 atom stereocenters. The third-order valence-corrected chi connectivity index (χ3v) is 1.88. The van der Waals surface area contributed by atoms with Crippen molar-refractivity contribution < 1.29 is 22.3 Å². The summed E-state index contributed by atoms with van der Waals surface area (Å²) < 4.78 is 54.1. The fraction of sp³-hybridized carbons (Fsp3) is 0.333.